The van der Waals surface area contributed by atoms with Crippen LogP contribution in [0.25, 0.3) is 0 Å². The third kappa shape index (κ3) is 6.53. The number of carbonyl (C=O) groups excluding carboxylic acids is 2. The number of hydrogen-bond donors (Lipinski definition) is 2. The topological polar surface area (TPSA) is 102 Å². The Morgan fingerprint density at radius 3 is 2.26 bits per heavy atom. The Labute approximate surface area is 177 Å². The van der Waals surface area contributed by atoms with Crippen LogP contribution in [0.4, 0.5) is 18.9 Å². The van der Waals surface area contributed by atoms with Crippen LogP contribution < -0.4 is 10.0 Å². The summed E-state index contributed by atoms with van der Waals surface area (Å²) in [6.45, 7) is 4.45. The second-order valence-corrected chi connectivity index (χ2v) is 8.60. The molecule has 31 heavy (non-hydrogen) atoms. The Morgan fingerprint density at radius 1 is 1.00 bits per heavy atom. The van der Waals surface area contributed by atoms with E-state index in [1.807, 2.05) is 0 Å². The monoisotopic (exact) mass is 458 g/mol. The second kappa shape index (κ2) is 9.48. The molecule has 2 aromatic rings. The number of esters is 1. The van der Waals surface area contributed by atoms with Gasteiger partial charge in [-0.2, -0.15) is 13.2 Å². The highest BCUT2D eigenvalue weighted by Gasteiger charge is 2.34. The maximum atomic E-state index is 13.1. The highest BCUT2D eigenvalue weighted by atomic mass is 32.2. The standard InChI is InChI=1S/C20H21F3N2O5S/c1-12(2)25-31(28,29)15-8-6-7-14(11-15)19(27)30-13(3)18(26)24-17-10-5-4-9-16(17)20(21,22)23/h4-13,25H,1-3H3,(H,24,26). The fraction of sp³-hybridized carbons (Fsp3) is 0.300. The van der Waals surface area contributed by atoms with Gasteiger partial charge in [0, 0.05) is 6.04 Å². The fourth-order valence-electron chi connectivity index (χ4n) is 2.52. The largest absolute Gasteiger partial charge is 0.449 e. The molecule has 11 heteroatoms. The molecule has 0 aliphatic heterocycles. The maximum Gasteiger partial charge on any atom is 0.418 e. The summed E-state index contributed by atoms with van der Waals surface area (Å²) in [5, 5.41) is 2.09. The van der Waals surface area contributed by atoms with Gasteiger partial charge in [0.15, 0.2) is 6.10 Å². The van der Waals surface area contributed by atoms with Gasteiger partial charge < -0.3 is 10.1 Å². The van der Waals surface area contributed by atoms with Crippen LogP contribution in [0.1, 0.15) is 36.7 Å². The Balaban J connectivity index is 2.13. The number of amides is 1. The van der Waals surface area contributed by atoms with Gasteiger partial charge in [0.05, 0.1) is 21.7 Å². The quantitative estimate of drug-likeness (QED) is 0.618. The fourth-order valence-corrected chi connectivity index (χ4v) is 3.82. The molecule has 0 radical (unpaired) electrons. The molecule has 0 spiro atoms. The summed E-state index contributed by atoms with van der Waals surface area (Å²) in [5.41, 5.74) is -1.66. The number of carbonyl (C=O) groups is 2. The van der Waals surface area contributed by atoms with Crippen LogP contribution >= 0.6 is 0 Å². The predicted octanol–water partition coefficient (Wildman–Crippen LogP) is 3.58. The summed E-state index contributed by atoms with van der Waals surface area (Å²) >= 11 is 0. The molecule has 1 amide bonds. The van der Waals surface area contributed by atoms with Crippen LogP contribution in [-0.2, 0) is 25.7 Å². The summed E-state index contributed by atoms with van der Waals surface area (Å²) in [5.74, 6) is -1.98. The smallest absolute Gasteiger partial charge is 0.418 e. The Morgan fingerprint density at radius 2 is 1.65 bits per heavy atom. The van der Waals surface area contributed by atoms with E-state index in [9.17, 15) is 31.2 Å². The summed E-state index contributed by atoms with van der Waals surface area (Å²) in [6.07, 6.45) is -6.12. The van der Waals surface area contributed by atoms with Crippen molar-refractivity contribution >= 4 is 27.6 Å². The molecule has 168 valence electrons. The first kappa shape index (κ1) is 24.4. The van der Waals surface area contributed by atoms with Crippen LogP contribution in [-0.4, -0.2) is 32.4 Å². The number of para-hydroxylation sites is 1. The van der Waals surface area contributed by atoms with E-state index in [1.54, 1.807) is 13.8 Å². The van der Waals surface area contributed by atoms with Gasteiger partial charge in [0.25, 0.3) is 5.91 Å². The Kier molecular flexibility index (Phi) is 7.45. The summed E-state index contributed by atoms with van der Waals surface area (Å²) < 4.78 is 71.0. The molecule has 0 aliphatic carbocycles. The predicted molar refractivity (Wildman–Crippen MR) is 107 cm³/mol. The molecular weight excluding hydrogens is 437 g/mol. The van der Waals surface area contributed by atoms with E-state index in [4.69, 9.17) is 4.74 Å². The molecule has 2 aromatic carbocycles. The molecular formula is C20H21F3N2O5S. The average molecular weight is 458 g/mol. The van der Waals surface area contributed by atoms with Crippen molar-refractivity contribution in [1.29, 1.82) is 0 Å². The van der Waals surface area contributed by atoms with E-state index >= 15 is 0 Å². The number of halogens is 3. The maximum absolute atomic E-state index is 13.1. The minimum atomic E-state index is -4.68. The van der Waals surface area contributed by atoms with Crippen molar-refractivity contribution in [3.05, 3.63) is 59.7 Å². The van der Waals surface area contributed by atoms with Crippen molar-refractivity contribution in [3.8, 4) is 0 Å². The second-order valence-electron chi connectivity index (χ2n) is 6.88. The van der Waals surface area contributed by atoms with Gasteiger partial charge in [0.2, 0.25) is 10.0 Å². The van der Waals surface area contributed by atoms with Crippen LogP contribution in [0.2, 0.25) is 0 Å². The molecule has 0 aromatic heterocycles. The summed E-state index contributed by atoms with van der Waals surface area (Å²) in [4.78, 5) is 24.4. The number of alkyl halides is 3. The lowest BCUT2D eigenvalue weighted by Gasteiger charge is -2.17. The molecule has 0 heterocycles. The first-order valence-corrected chi connectivity index (χ1v) is 10.6. The van der Waals surface area contributed by atoms with Crippen LogP contribution in [0.3, 0.4) is 0 Å². The van der Waals surface area contributed by atoms with Gasteiger partial charge in [-0.3, -0.25) is 4.79 Å². The molecule has 2 rings (SSSR count). The van der Waals surface area contributed by atoms with Gasteiger partial charge in [-0.1, -0.05) is 18.2 Å². The van der Waals surface area contributed by atoms with E-state index in [0.717, 1.165) is 18.2 Å². The first-order chi connectivity index (χ1) is 14.3. The Bertz CT molecular complexity index is 1070. The van der Waals surface area contributed by atoms with Crippen molar-refractivity contribution in [2.24, 2.45) is 0 Å². The van der Waals surface area contributed by atoms with E-state index in [0.29, 0.717) is 0 Å². The van der Waals surface area contributed by atoms with E-state index in [-0.39, 0.29) is 16.5 Å². The van der Waals surface area contributed by atoms with Crippen LogP contribution in [0.15, 0.2) is 53.4 Å². The van der Waals surface area contributed by atoms with Gasteiger partial charge >= 0.3 is 12.1 Å². The lowest BCUT2D eigenvalue weighted by atomic mass is 10.1. The molecule has 0 bridgehead atoms. The Hall–Kier alpha value is -2.92. The van der Waals surface area contributed by atoms with Crippen molar-refractivity contribution < 1.29 is 35.9 Å². The number of ether oxygens (including phenoxy) is 1. The summed E-state index contributed by atoms with van der Waals surface area (Å²) in [7, 11) is -3.86. The summed E-state index contributed by atoms with van der Waals surface area (Å²) in [6, 6.07) is 8.99. The molecule has 2 N–H and O–H groups in total. The molecule has 7 nitrogen and oxygen atoms in total. The van der Waals surface area contributed by atoms with Crippen LogP contribution in [0, 0.1) is 0 Å². The molecule has 0 fully saturated rings. The highest BCUT2D eigenvalue weighted by molar-refractivity contribution is 7.89. The average Bonchev–Trinajstić information content (AvgIpc) is 2.66. The highest BCUT2D eigenvalue weighted by Crippen LogP contribution is 2.34. The van der Waals surface area contributed by atoms with Crippen LogP contribution in [0.5, 0.6) is 0 Å². The number of anilines is 1. The minimum Gasteiger partial charge on any atom is -0.449 e. The van der Waals surface area contributed by atoms with Gasteiger partial charge in [0.1, 0.15) is 0 Å². The van der Waals surface area contributed by atoms with Crippen molar-refractivity contribution in [1.82, 2.24) is 4.72 Å². The van der Waals surface area contributed by atoms with Gasteiger partial charge in [-0.15, -0.1) is 0 Å². The van der Waals surface area contributed by atoms with E-state index in [1.165, 1.54) is 37.3 Å². The van der Waals surface area contributed by atoms with E-state index in [2.05, 4.69) is 10.0 Å². The van der Waals surface area contributed by atoms with Crippen molar-refractivity contribution in [3.63, 3.8) is 0 Å². The third-order valence-electron chi connectivity index (χ3n) is 3.91. The zero-order chi connectivity index (χ0) is 23.4. The molecule has 0 aliphatic rings. The molecule has 1 unspecified atom stereocenters. The van der Waals surface area contributed by atoms with Gasteiger partial charge in [-0.25, -0.2) is 17.9 Å². The number of sulfonamides is 1. The van der Waals surface area contributed by atoms with Gasteiger partial charge in [-0.05, 0) is 51.1 Å². The zero-order valence-corrected chi connectivity index (χ0v) is 17.7. The lowest BCUT2D eigenvalue weighted by molar-refractivity contribution is -0.137. The normalized spacial score (nSPS) is 13.0. The molecule has 1 atom stereocenters. The van der Waals surface area contributed by atoms with Crippen molar-refractivity contribution in [2.75, 3.05) is 5.32 Å². The zero-order valence-electron chi connectivity index (χ0n) is 16.9. The third-order valence-corrected chi connectivity index (χ3v) is 5.57. The van der Waals surface area contributed by atoms with Crippen molar-refractivity contribution in [2.45, 2.75) is 44.0 Å². The number of nitrogens with one attached hydrogen (secondary N) is 2. The SMILES string of the molecule is CC(C)NS(=O)(=O)c1cccc(C(=O)OC(C)C(=O)Nc2ccccc2C(F)(F)F)c1. The number of hydrogen-bond acceptors (Lipinski definition) is 5. The molecule has 0 saturated carbocycles. The lowest BCUT2D eigenvalue weighted by Crippen LogP contribution is -2.31. The minimum absolute atomic E-state index is 0.137. The van der Waals surface area contributed by atoms with E-state index < -0.39 is 45.4 Å². The number of benzene rings is 2. The molecule has 0 saturated heterocycles. The number of rotatable bonds is 7. The first-order valence-electron chi connectivity index (χ1n) is 9.11.